The van der Waals surface area contributed by atoms with E-state index in [9.17, 15) is 19.8 Å². The van der Waals surface area contributed by atoms with E-state index in [0.717, 1.165) is 33.4 Å². The van der Waals surface area contributed by atoms with Gasteiger partial charge in [-0.25, -0.2) is 0 Å². The summed E-state index contributed by atoms with van der Waals surface area (Å²) in [7, 11) is 0. The quantitative estimate of drug-likeness (QED) is 0.138. The lowest BCUT2D eigenvalue weighted by Crippen LogP contribution is -2.29. The van der Waals surface area contributed by atoms with Gasteiger partial charge in [-0.05, 0) is 81.4 Å². The number of carbonyl (C=O) groups is 2. The Hall–Kier alpha value is -4.12. The maximum atomic E-state index is 11.7. The lowest BCUT2D eigenvalue weighted by Gasteiger charge is -2.11. The second kappa shape index (κ2) is 20.7. The third-order valence-corrected chi connectivity index (χ3v) is 5.90. The molecule has 2 N–H and O–H groups in total. The minimum absolute atomic E-state index is 0.323. The summed E-state index contributed by atoms with van der Waals surface area (Å²) in [5, 5.41) is 19.4. The molecule has 0 amide bonds. The van der Waals surface area contributed by atoms with Crippen LogP contribution in [0.5, 0.6) is 0 Å². The van der Waals surface area contributed by atoms with Crippen LogP contribution in [0, 0.1) is 0 Å². The van der Waals surface area contributed by atoms with Gasteiger partial charge in [-0.2, -0.15) is 0 Å². The van der Waals surface area contributed by atoms with Crippen molar-refractivity contribution < 1.29 is 19.8 Å². The van der Waals surface area contributed by atoms with Gasteiger partial charge < -0.3 is 10.2 Å². The Morgan fingerprint density at radius 3 is 0.795 bits per heavy atom. The van der Waals surface area contributed by atoms with Crippen molar-refractivity contribution in [3.8, 4) is 0 Å². The third-order valence-electron chi connectivity index (χ3n) is 5.90. The normalized spacial score (nSPS) is 16.1. The summed E-state index contributed by atoms with van der Waals surface area (Å²) >= 11 is 0. The molecule has 0 aliphatic rings. The highest BCUT2D eigenvalue weighted by Gasteiger charge is 2.20. The first-order chi connectivity index (χ1) is 20.4. The largest absolute Gasteiger partial charge is 0.382 e. The number of hydrogen-bond acceptors (Lipinski definition) is 4. The first kappa shape index (κ1) is 39.9. The average Bonchev–Trinajstić information content (AvgIpc) is 2.91. The van der Waals surface area contributed by atoms with Gasteiger partial charge in [-0.3, -0.25) is 9.59 Å². The van der Waals surface area contributed by atoms with E-state index in [2.05, 4.69) is 12.2 Å². The van der Waals surface area contributed by atoms with E-state index in [-0.39, 0.29) is 11.6 Å². The molecule has 0 aromatic carbocycles. The molecular formula is C40H52O4. The number of ketones is 2. The summed E-state index contributed by atoms with van der Waals surface area (Å²) in [6.45, 7) is 17.8. The molecule has 44 heavy (non-hydrogen) atoms. The number of allylic oxidation sites excluding steroid dienone is 24. The summed E-state index contributed by atoms with van der Waals surface area (Å²) in [4.78, 5) is 23.5. The van der Waals surface area contributed by atoms with Crippen molar-refractivity contribution in [2.24, 2.45) is 0 Å². The highest BCUT2D eigenvalue weighted by atomic mass is 16.3. The summed E-state index contributed by atoms with van der Waals surface area (Å²) in [5.41, 5.74) is 3.57. The van der Waals surface area contributed by atoms with Gasteiger partial charge in [-0.15, -0.1) is 0 Å². The van der Waals surface area contributed by atoms with Crippen LogP contribution in [0.3, 0.4) is 0 Å². The molecule has 4 heteroatoms. The van der Waals surface area contributed by atoms with Gasteiger partial charge in [0.05, 0.1) is 0 Å². The van der Waals surface area contributed by atoms with Gasteiger partial charge >= 0.3 is 0 Å². The van der Waals surface area contributed by atoms with Gasteiger partial charge in [-0.1, -0.05) is 143 Å². The van der Waals surface area contributed by atoms with E-state index < -0.39 is 11.2 Å². The first-order valence-electron chi connectivity index (χ1n) is 14.7. The van der Waals surface area contributed by atoms with Crippen molar-refractivity contribution >= 4 is 11.6 Å². The molecule has 0 bridgehead atoms. The van der Waals surface area contributed by atoms with Crippen LogP contribution < -0.4 is 0 Å². The zero-order valence-corrected chi connectivity index (χ0v) is 28.3. The third kappa shape index (κ3) is 21.6. The molecule has 0 aliphatic heterocycles. The van der Waals surface area contributed by atoms with Crippen LogP contribution >= 0.6 is 0 Å². The zero-order chi connectivity index (χ0) is 33.8. The smallest absolute Gasteiger partial charge is 0.186 e. The maximum absolute atomic E-state index is 11.7. The molecule has 0 fully saturated rings. The maximum Gasteiger partial charge on any atom is 0.186 e. The Bertz CT molecular complexity index is 1260. The highest BCUT2D eigenvalue weighted by Crippen LogP contribution is 2.08. The van der Waals surface area contributed by atoms with Crippen LogP contribution in [-0.2, 0) is 9.59 Å². The van der Waals surface area contributed by atoms with Gasteiger partial charge in [0, 0.05) is 0 Å². The molecule has 0 heterocycles. The summed E-state index contributed by atoms with van der Waals surface area (Å²) in [5.74, 6) is -0.646. The predicted molar refractivity (Wildman–Crippen MR) is 189 cm³/mol. The Labute approximate surface area is 266 Å². The van der Waals surface area contributed by atoms with Crippen molar-refractivity contribution in [3.05, 3.63) is 155 Å². The van der Waals surface area contributed by atoms with E-state index in [4.69, 9.17) is 0 Å². The average molecular weight is 597 g/mol. The number of rotatable bonds is 16. The Kier molecular flexibility index (Phi) is 18.8. The van der Waals surface area contributed by atoms with E-state index in [1.54, 1.807) is 12.2 Å². The fourth-order valence-electron chi connectivity index (χ4n) is 2.98. The number of carbonyl (C=O) groups excluding carboxylic acids is 2. The van der Waals surface area contributed by atoms with Crippen molar-refractivity contribution in [2.75, 3.05) is 0 Å². The predicted octanol–water partition coefficient (Wildman–Crippen LogP) is 9.24. The van der Waals surface area contributed by atoms with E-state index >= 15 is 0 Å². The Balaban J connectivity index is 4.89. The molecule has 0 unspecified atom stereocenters. The summed E-state index contributed by atoms with van der Waals surface area (Å²) < 4.78 is 0. The molecule has 0 rings (SSSR count). The molecule has 0 aliphatic carbocycles. The van der Waals surface area contributed by atoms with Gasteiger partial charge in [0.2, 0.25) is 0 Å². The summed E-state index contributed by atoms with van der Waals surface area (Å²) in [6, 6.07) is 0. The van der Waals surface area contributed by atoms with Crippen molar-refractivity contribution in [1.29, 1.82) is 0 Å². The molecule has 0 atom stereocenters. The molecule has 0 saturated heterocycles. The van der Waals surface area contributed by atoms with Crippen LogP contribution in [-0.4, -0.2) is 33.0 Å². The zero-order valence-electron chi connectivity index (χ0n) is 28.3. The van der Waals surface area contributed by atoms with E-state index in [1.807, 2.05) is 127 Å². The Morgan fingerprint density at radius 2 is 0.568 bits per heavy atom. The summed E-state index contributed by atoms with van der Waals surface area (Å²) in [6.07, 6.45) is 38.2. The lowest BCUT2D eigenvalue weighted by molar-refractivity contribution is -0.129. The van der Waals surface area contributed by atoms with Crippen molar-refractivity contribution in [1.82, 2.24) is 0 Å². The molecule has 4 nitrogen and oxygen atoms in total. The van der Waals surface area contributed by atoms with Crippen molar-refractivity contribution in [3.63, 3.8) is 0 Å². The number of aliphatic hydroxyl groups is 2. The SMILES string of the molecule is CC(/C=C/C=C(C)/C=C/C=C(C)/C=C/C(=O)C(C)(C)O)=C\C=C\C=C(C)\C=C\C=C(C)\C=C\C=C(C)\C=C\C(=O)C(C)(C)O. The van der Waals surface area contributed by atoms with E-state index in [0.29, 0.717) is 0 Å². The fraction of sp³-hybridized carbons (Fsp3) is 0.300. The molecule has 0 spiro atoms. The lowest BCUT2D eigenvalue weighted by atomic mass is 10.0. The van der Waals surface area contributed by atoms with Crippen LogP contribution in [0.15, 0.2) is 155 Å². The molecular weight excluding hydrogens is 544 g/mol. The molecule has 0 radical (unpaired) electrons. The van der Waals surface area contributed by atoms with E-state index in [1.165, 1.54) is 39.8 Å². The second-order valence-electron chi connectivity index (χ2n) is 11.8. The number of hydrogen-bond donors (Lipinski definition) is 2. The van der Waals surface area contributed by atoms with Crippen LogP contribution in [0.4, 0.5) is 0 Å². The first-order valence-corrected chi connectivity index (χ1v) is 14.7. The fourth-order valence-corrected chi connectivity index (χ4v) is 2.98. The second-order valence-corrected chi connectivity index (χ2v) is 11.8. The monoisotopic (exact) mass is 596 g/mol. The van der Waals surface area contributed by atoms with Crippen LogP contribution in [0.25, 0.3) is 0 Å². The molecule has 236 valence electrons. The standard InChI is InChI=1S/C40H52O4/c1-31(19-13-21-33(3)23-15-25-35(5)27-29-37(41)39(7,8)43)17-11-12-18-32(2)20-14-22-34(4)24-16-26-36(6)28-30-38(42)40(9,10)44/h11-30,43-44H,1-10H3/b12-11+,19-13+,20-14+,23-15+,24-16+,29-27+,30-28+,31-17+,32-18+,33-21+,34-22+,35-25+,36-26+. The highest BCUT2D eigenvalue weighted by molar-refractivity contribution is 5.96. The molecule has 0 aromatic rings. The molecule has 0 saturated carbocycles. The van der Waals surface area contributed by atoms with Gasteiger partial charge in [0.1, 0.15) is 11.2 Å². The van der Waals surface area contributed by atoms with Crippen LogP contribution in [0.1, 0.15) is 69.2 Å². The molecule has 0 aromatic heterocycles. The topological polar surface area (TPSA) is 74.6 Å². The van der Waals surface area contributed by atoms with Gasteiger partial charge in [0.15, 0.2) is 11.6 Å². The minimum Gasteiger partial charge on any atom is -0.382 e. The Morgan fingerprint density at radius 1 is 0.364 bits per heavy atom. The van der Waals surface area contributed by atoms with Gasteiger partial charge in [0.25, 0.3) is 0 Å². The minimum atomic E-state index is -1.35. The van der Waals surface area contributed by atoms with Crippen molar-refractivity contribution in [2.45, 2.75) is 80.4 Å². The van der Waals surface area contributed by atoms with Crippen LogP contribution in [0.2, 0.25) is 0 Å².